The molecule has 5 heteroatoms. The lowest BCUT2D eigenvalue weighted by atomic mass is 9.99. The Kier molecular flexibility index (Phi) is 3.68. The van der Waals surface area contributed by atoms with E-state index < -0.39 is 5.54 Å². The zero-order valence-electron chi connectivity index (χ0n) is 9.74. The van der Waals surface area contributed by atoms with Crippen molar-refractivity contribution < 1.29 is 14.3 Å². The summed E-state index contributed by atoms with van der Waals surface area (Å²) in [4.78, 5) is 11.7. The van der Waals surface area contributed by atoms with Gasteiger partial charge in [0.25, 0.3) is 0 Å². The number of hydrogen-bond donors (Lipinski definition) is 3. The molecule has 0 spiro atoms. The number of hydrogen-bond acceptors (Lipinski definition) is 3. The molecule has 0 aliphatic heterocycles. The van der Waals surface area contributed by atoms with Crippen LogP contribution in [0.4, 0.5) is 4.79 Å². The van der Waals surface area contributed by atoms with Crippen LogP contribution in [0.25, 0.3) is 0 Å². The first-order valence-corrected chi connectivity index (χ1v) is 5.93. The van der Waals surface area contributed by atoms with Gasteiger partial charge in [0.1, 0.15) is 5.76 Å². The molecule has 2 amide bonds. The molecule has 0 aromatic carbocycles. The fourth-order valence-corrected chi connectivity index (χ4v) is 2.24. The van der Waals surface area contributed by atoms with E-state index in [2.05, 4.69) is 10.6 Å². The van der Waals surface area contributed by atoms with Gasteiger partial charge < -0.3 is 20.2 Å². The third kappa shape index (κ3) is 3.00. The van der Waals surface area contributed by atoms with E-state index in [1.165, 1.54) is 0 Å². The second-order valence-corrected chi connectivity index (χ2v) is 4.53. The van der Waals surface area contributed by atoms with Crippen molar-refractivity contribution in [2.24, 2.45) is 0 Å². The van der Waals surface area contributed by atoms with Gasteiger partial charge in [-0.3, -0.25) is 0 Å². The maximum absolute atomic E-state index is 11.7. The number of carbonyl (C=O) groups excluding carboxylic acids is 1. The summed E-state index contributed by atoms with van der Waals surface area (Å²) in [6.07, 6.45) is 5.37. The summed E-state index contributed by atoms with van der Waals surface area (Å²) in [7, 11) is 0. The molecule has 1 aromatic heterocycles. The number of rotatable bonds is 4. The molecule has 3 N–H and O–H groups in total. The molecule has 5 nitrogen and oxygen atoms in total. The highest BCUT2D eigenvalue weighted by molar-refractivity contribution is 5.74. The van der Waals surface area contributed by atoms with Crippen LogP contribution in [0.3, 0.4) is 0 Å². The molecule has 1 heterocycles. The Morgan fingerprint density at radius 1 is 1.47 bits per heavy atom. The number of urea groups is 1. The molecule has 1 fully saturated rings. The standard InChI is InChI=1S/C12H18N2O3/c15-9-12(5-1-2-6-12)14-11(16)13-8-10-4-3-7-17-10/h3-4,7,15H,1-2,5-6,8-9H2,(H2,13,14,16). The quantitative estimate of drug-likeness (QED) is 0.742. The summed E-state index contributed by atoms with van der Waals surface area (Å²) >= 11 is 0. The van der Waals surface area contributed by atoms with Crippen molar-refractivity contribution in [2.75, 3.05) is 6.61 Å². The van der Waals surface area contributed by atoms with Crippen molar-refractivity contribution in [3.8, 4) is 0 Å². The van der Waals surface area contributed by atoms with Crippen LogP contribution < -0.4 is 10.6 Å². The lowest BCUT2D eigenvalue weighted by molar-refractivity contribution is 0.162. The fraction of sp³-hybridized carbons (Fsp3) is 0.583. The normalized spacial score (nSPS) is 17.9. The van der Waals surface area contributed by atoms with Gasteiger partial charge in [0.15, 0.2) is 0 Å². The minimum absolute atomic E-state index is 0.00116. The third-order valence-electron chi connectivity index (χ3n) is 3.25. The Hall–Kier alpha value is -1.49. The molecule has 94 valence electrons. The van der Waals surface area contributed by atoms with Crippen LogP contribution in [-0.4, -0.2) is 23.3 Å². The molecule has 0 saturated heterocycles. The van der Waals surface area contributed by atoms with Crippen LogP contribution in [0.2, 0.25) is 0 Å². The molecule has 2 rings (SSSR count). The lowest BCUT2D eigenvalue weighted by Gasteiger charge is -2.27. The summed E-state index contributed by atoms with van der Waals surface area (Å²) < 4.78 is 5.11. The first-order valence-electron chi connectivity index (χ1n) is 5.93. The monoisotopic (exact) mass is 238 g/mol. The van der Waals surface area contributed by atoms with Gasteiger partial charge >= 0.3 is 6.03 Å². The van der Waals surface area contributed by atoms with Crippen molar-refractivity contribution in [1.29, 1.82) is 0 Å². The Balaban J connectivity index is 1.80. The van der Waals surface area contributed by atoms with Gasteiger partial charge in [-0.1, -0.05) is 12.8 Å². The Labute approximate surface area is 100 Å². The number of amides is 2. The van der Waals surface area contributed by atoms with Crippen LogP contribution in [0, 0.1) is 0 Å². The molecule has 1 aromatic rings. The van der Waals surface area contributed by atoms with E-state index in [0.717, 1.165) is 25.7 Å². The summed E-state index contributed by atoms with van der Waals surface area (Å²) in [5.41, 5.74) is -0.423. The summed E-state index contributed by atoms with van der Waals surface area (Å²) in [6, 6.07) is 3.33. The van der Waals surface area contributed by atoms with E-state index in [1.54, 1.807) is 18.4 Å². The second-order valence-electron chi connectivity index (χ2n) is 4.53. The van der Waals surface area contributed by atoms with Crippen LogP contribution in [0.15, 0.2) is 22.8 Å². The second kappa shape index (κ2) is 5.23. The number of nitrogens with one attached hydrogen (secondary N) is 2. The minimum atomic E-state index is -0.423. The van der Waals surface area contributed by atoms with Crippen molar-refractivity contribution in [1.82, 2.24) is 10.6 Å². The Morgan fingerprint density at radius 3 is 2.82 bits per heavy atom. The number of aliphatic hydroxyl groups excluding tert-OH is 1. The van der Waals surface area contributed by atoms with E-state index in [-0.39, 0.29) is 12.6 Å². The predicted octanol–water partition coefficient (Wildman–Crippen LogP) is 1.38. The van der Waals surface area contributed by atoms with Gasteiger partial charge in [-0.2, -0.15) is 0 Å². The Bertz CT molecular complexity index is 356. The van der Waals surface area contributed by atoms with Gasteiger partial charge in [0.2, 0.25) is 0 Å². The lowest BCUT2D eigenvalue weighted by Crippen LogP contribution is -2.52. The largest absolute Gasteiger partial charge is 0.467 e. The van der Waals surface area contributed by atoms with Crippen LogP contribution in [0.1, 0.15) is 31.4 Å². The number of carbonyl (C=O) groups is 1. The topological polar surface area (TPSA) is 74.5 Å². The molecule has 0 unspecified atom stereocenters. The molecule has 0 radical (unpaired) electrons. The first-order chi connectivity index (χ1) is 8.24. The molecule has 17 heavy (non-hydrogen) atoms. The Morgan fingerprint density at radius 2 is 2.24 bits per heavy atom. The summed E-state index contributed by atoms with van der Waals surface area (Å²) in [5.74, 6) is 0.713. The average Bonchev–Trinajstić information content (AvgIpc) is 2.98. The van der Waals surface area contributed by atoms with Crippen molar-refractivity contribution >= 4 is 6.03 Å². The molecule has 0 atom stereocenters. The number of furan rings is 1. The van der Waals surface area contributed by atoms with Crippen molar-refractivity contribution in [3.63, 3.8) is 0 Å². The van der Waals surface area contributed by atoms with E-state index in [9.17, 15) is 9.90 Å². The van der Waals surface area contributed by atoms with Crippen molar-refractivity contribution in [2.45, 2.75) is 37.8 Å². The smallest absolute Gasteiger partial charge is 0.315 e. The van der Waals surface area contributed by atoms with E-state index in [0.29, 0.717) is 12.3 Å². The zero-order valence-corrected chi connectivity index (χ0v) is 9.74. The van der Waals surface area contributed by atoms with Gasteiger partial charge in [0, 0.05) is 0 Å². The predicted molar refractivity (Wildman–Crippen MR) is 62.4 cm³/mol. The maximum atomic E-state index is 11.7. The summed E-state index contributed by atoms with van der Waals surface area (Å²) in [5, 5.41) is 14.9. The average molecular weight is 238 g/mol. The SMILES string of the molecule is O=C(NCc1ccco1)NC1(CO)CCCC1. The van der Waals surface area contributed by atoms with Gasteiger partial charge in [0.05, 0.1) is 25.0 Å². The van der Waals surface area contributed by atoms with Crippen LogP contribution in [0.5, 0.6) is 0 Å². The van der Waals surface area contributed by atoms with E-state index >= 15 is 0 Å². The highest BCUT2D eigenvalue weighted by Gasteiger charge is 2.34. The minimum Gasteiger partial charge on any atom is -0.467 e. The first kappa shape index (κ1) is 12.0. The third-order valence-corrected chi connectivity index (χ3v) is 3.25. The summed E-state index contributed by atoms with van der Waals surface area (Å²) in [6.45, 7) is 0.363. The molecule has 1 aliphatic carbocycles. The molecular formula is C12H18N2O3. The molecule has 0 bridgehead atoms. The van der Waals surface area contributed by atoms with Crippen LogP contribution >= 0.6 is 0 Å². The highest BCUT2D eigenvalue weighted by atomic mass is 16.3. The zero-order chi connectivity index (χ0) is 12.1. The fourth-order valence-electron chi connectivity index (χ4n) is 2.24. The highest BCUT2D eigenvalue weighted by Crippen LogP contribution is 2.28. The van der Waals surface area contributed by atoms with E-state index in [4.69, 9.17) is 4.42 Å². The molecule has 1 aliphatic rings. The molecular weight excluding hydrogens is 220 g/mol. The van der Waals surface area contributed by atoms with Gasteiger partial charge in [-0.25, -0.2) is 4.79 Å². The number of aliphatic hydroxyl groups is 1. The van der Waals surface area contributed by atoms with Gasteiger partial charge in [-0.15, -0.1) is 0 Å². The maximum Gasteiger partial charge on any atom is 0.315 e. The van der Waals surface area contributed by atoms with E-state index in [1.807, 2.05) is 0 Å². The molecule has 1 saturated carbocycles. The van der Waals surface area contributed by atoms with Crippen LogP contribution in [-0.2, 0) is 6.54 Å². The van der Waals surface area contributed by atoms with Crippen molar-refractivity contribution in [3.05, 3.63) is 24.2 Å². The van der Waals surface area contributed by atoms with Gasteiger partial charge in [-0.05, 0) is 25.0 Å².